The Morgan fingerprint density at radius 2 is 1.83 bits per heavy atom. The number of halogens is 1. The van der Waals surface area contributed by atoms with Gasteiger partial charge in [0.05, 0.1) is 23.6 Å². The van der Waals surface area contributed by atoms with Crippen molar-refractivity contribution in [3.8, 4) is 11.5 Å². The van der Waals surface area contributed by atoms with Gasteiger partial charge in [-0.1, -0.05) is 23.7 Å². The Hall–Kier alpha value is -1.76. The van der Waals surface area contributed by atoms with Crippen LogP contribution in [0.15, 0.2) is 47.4 Å². The first-order chi connectivity index (χ1) is 11.4. The molecule has 1 atom stereocenters. The molecule has 7 heteroatoms. The van der Waals surface area contributed by atoms with Crippen LogP contribution in [0.4, 0.5) is 0 Å². The maximum atomic E-state index is 12.5. The van der Waals surface area contributed by atoms with Crippen LogP contribution >= 0.6 is 11.6 Å². The van der Waals surface area contributed by atoms with Crippen LogP contribution in [0, 0.1) is 0 Å². The number of benzene rings is 2. The number of hydrogen-bond acceptors (Lipinski definition) is 4. The molecule has 0 aromatic heterocycles. The van der Waals surface area contributed by atoms with Crippen LogP contribution in [0.1, 0.15) is 25.5 Å². The van der Waals surface area contributed by atoms with Crippen molar-refractivity contribution in [2.75, 3.05) is 13.7 Å². The lowest BCUT2D eigenvalue weighted by Gasteiger charge is -2.16. The zero-order chi connectivity index (χ0) is 17.7. The van der Waals surface area contributed by atoms with E-state index in [1.165, 1.54) is 25.3 Å². The molecule has 2 rings (SSSR count). The normalized spacial score (nSPS) is 12.7. The Labute approximate surface area is 147 Å². The predicted molar refractivity (Wildman–Crippen MR) is 94.4 cm³/mol. The maximum Gasteiger partial charge on any atom is 0.241 e. The molecule has 0 saturated carbocycles. The molecule has 2 aromatic rings. The zero-order valence-corrected chi connectivity index (χ0v) is 15.3. The van der Waals surface area contributed by atoms with Crippen LogP contribution in [0.5, 0.6) is 11.5 Å². The molecule has 0 heterocycles. The summed E-state index contributed by atoms with van der Waals surface area (Å²) in [6, 6.07) is 11.2. The monoisotopic (exact) mass is 369 g/mol. The van der Waals surface area contributed by atoms with E-state index in [0.29, 0.717) is 12.4 Å². The summed E-state index contributed by atoms with van der Waals surface area (Å²) in [6.45, 7) is 4.27. The van der Waals surface area contributed by atoms with Gasteiger partial charge in [0.25, 0.3) is 0 Å². The van der Waals surface area contributed by atoms with Crippen LogP contribution in [0.3, 0.4) is 0 Å². The van der Waals surface area contributed by atoms with Gasteiger partial charge in [0.2, 0.25) is 10.0 Å². The summed E-state index contributed by atoms with van der Waals surface area (Å²) in [4.78, 5) is 0.0890. The van der Waals surface area contributed by atoms with Gasteiger partial charge in [0.1, 0.15) is 11.5 Å². The fourth-order valence-corrected chi connectivity index (χ4v) is 3.78. The van der Waals surface area contributed by atoms with Gasteiger partial charge < -0.3 is 9.47 Å². The average molecular weight is 370 g/mol. The van der Waals surface area contributed by atoms with Crippen molar-refractivity contribution >= 4 is 21.6 Å². The number of rotatable bonds is 7. The molecule has 0 aliphatic carbocycles. The predicted octanol–water partition coefficient (Wildman–Crippen LogP) is 3.79. The molecule has 0 spiro atoms. The third-order valence-electron chi connectivity index (χ3n) is 3.46. The van der Waals surface area contributed by atoms with Gasteiger partial charge in [0, 0.05) is 6.04 Å². The van der Waals surface area contributed by atoms with Crippen molar-refractivity contribution in [2.45, 2.75) is 24.8 Å². The van der Waals surface area contributed by atoms with E-state index >= 15 is 0 Å². The van der Waals surface area contributed by atoms with Gasteiger partial charge in [-0.3, -0.25) is 0 Å². The van der Waals surface area contributed by atoms with E-state index in [2.05, 4.69) is 4.72 Å². The minimum absolute atomic E-state index is 0.0890. The van der Waals surface area contributed by atoms with E-state index in [0.717, 1.165) is 11.3 Å². The Kier molecular flexibility index (Phi) is 6.10. The molecular formula is C17H20ClNO4S. The van der Waals surface area contributed by atoms with Gasteiger partial charge in [-0.2, -0.15) is 0 Å². The second-order valence-corrected chi connectivity index (χ2v) is 7.26. The van der Waals surface area contributed by atoms with Crippen molar-refractivity contribution in [1.82, 2.24) is 4.72 Å². The highest BCUT2D eigenvalue weighted by Gasteiger charge is 2.19. The summed E-state index contributed by atoms with van der Waals surface area (Å²) in [6.07, 6.45) is 0. The quantitative estimate of drug-likeness (QED) is 0.806. The van der Waals surface area contributed by atoms with Gasteiger partial charge in [-0.05, 0) is 49.7 Å². The van der Waals surface area contributed by atoms with Crippen LogP contribution in [0.25, 0.3) is 0 Å². The first-order valence-electron chi connectivity index (χ1n) is 7.46. The number of hydrogen-bond donors (Lipinski definition) is 1. The Morgan fingerprint density at radius 1 is 1.17 bits per heavy atom. The van der Waals surface area contributed by atoms with Crippen LogP contribution < -0.4 is 14.2 Å². The maximum absolute atomic E-state index is 12.5. The van der Waals surface area contributed by atoms with Crippen molar-refractivity contribution < 1.29 is 17.9 Å². The first kappa shape index (κ1) is 18.6. The SMILES string of the molecule is CCOc1ccc(C(C)NS(=O)(=O)c2ccc(OC)c(Cl)c2)cc1. The van der Waals surface area contributed by atoms with Gasteiger partial charge >= 0.3 is 0 Å². The average Bonchev–Trinajstić information content (AvgIpc) is 2.55. The number of methoxy groups -OCH3 is 1. The zero-order valence-electron chi connectivity index (χ0n) is 13.7. The minimum Gasteiger partial charge on any atom is -0.495 e. The van der Waals surface area contributed by atoms with E-state index in [1.54, 1.807) is 6.92 Å². The standard InChI is InChI=1S/C17H20ClNO4S/c1-4-23-14-7-5-13(6-8-14)12(2)19-24(20,21)15-9-10-17(22-3)16(18)11-15/h5-12,19H,4H2,1-3H3. The van der Waals surface area contributed by atoms with Crippen molar-refractivity contribution in [3.05, 3.63) is 53.1 Å². The van der Waals surface area contributed by atoms with Crippen LogP contribution in [0.2, 0.25) is 5.02 Å². The molecule has 1 unspecified atom stereocenters. The topological polar surface area (TPSA) is 64.6 Å². The van der Waals surface area contributed by atoms with Gasteiger partial charge in [-0.15, -0.1) is 0 Å². The number of nitrogens with one attached hydrogen (secondary N) is 1. The van der Waals surface area contributed by atoms with Crippen LogP contribution in [-0.2, 0) is 10.0 Å². The Morgan fingerprint density at radius 3 is 2.38 bits per heavy atom. The lowest BCUT2D eigenvalue weighted by Crippen LogP contribution is -2.26. The second kappa shape index (κ2) is 7.88. The third-order valence-corrected chi connectivity index (χ3v) is 5.29. The van der Waals surface area contributed by atoms with Crippen molar-refractivity contribution in [2.24, 2.45) is 0 Å². The first-order valence-corrected chi connectivity index (χ1v) is 9.32. The molecule has 0 fully saturated rings. The van der Waals surface area contributed by atoms with Crippen LogP contribution in [-0.4, -0.2) is 22.1 Å². The molecule has 0 bridgehead atoms. The fourth-order valence-electron chi connectivity index (χ4n) is 2.20. The minimum atomic E-state index is -3.70. The molecule has 0 saturated heterocycles. The Balaban J connectivity index is 2.17. The second-order valence-electron chi connectivity index (χ2n) is 5.14. The highest BCUT2D eigenvalue weighted by molar-refractivity contribution is 7.89. The molecule has 1 N–H and O–H groups in total. The molecule has 130 valence electrons. The number of sulfonamides is 1. The number of ether oxygens (including phenoxy) is 2. The molecule has 2 aromatic carbocycles. The molecule has 24 heavy (non-hydrogen) atoms. The van der Waals surface area contributed by atoms with E-state index in [9.17, 15) is 8.42 Å². The van der Waals surface area contributed by atoms with Gasteiger partial charge in [0.15, 0.2) is 0 Å². The van der Waals surface area contributed by atoms with E-state index < -0.39 is 16.1 Å². The summed E-state index contributed by atoms with van der Waals surface area (Å²) in [5.74, 6) is 1.17. The third kappa shape index (κ3) is 4.41. The lowest BCUT2D eigenvalue weighted by atomic mass is 10.1. The summed E-state index contributed by atoms with van der Waals surface area (Å²) in [5.41, 5.74) is 0.835. The smallest absolute Gasteiger partial charge is 0.241 e. The lowest BCUT2D eigenvalue weighted by molar-refractivity contribution is 0.340. The summed E-state index contributed by atoms with van der Waals surface area (Å²) in [7, 11) is -2.22. The summed E-state index contributed by atoms with van der Waals surface area (Å²) >= 11 is 6.01. The van der Waals surface area contributed by atoms with Crippen molar-refractivity contribution in [1.29, 1.82) is 0 Å². The van der Waals surface area contributed by atoms with E-state index in [-0.39, 0.29) is 9.92 Å². The van der Waals surface area contributed by atoms with Crippen molar-refractivity contribution in [3.63, 3.8) is 0 Å². The van der Waals surface area contributed by atoms with Gasteiger partial charge in [-0.25, -0.2) is 13.1 Å². The largest absolute Gasteiger partial charge is 0.495 e. The molecule has 0 amide bonds. The fraction of sp³-hybridized carbons (Fsp3) is 0.294. The summed E-state index contributed by atoms with van der Waals surface area (Å²) in [5, 5.41) is 0.245. The molecule has 0 radical (unpaired) electrons. The molecule has 0 aliphatic heterocycles. The molecular weight excluding hydrogens is 350 g/mol. The summed E-state index contributed by atoms with van der Waals surface area (Å²) < 4.78 is 38.1. The highest BCUT2D eigenvalue weighted by Crippen LogP contribution is 2.27. The Bertz CT molecular complexity index is 791. The highest BCUT2D eigenvalue weighted by atomic mass is 35.5. The molecule has 5 nitrogen and oxygen atoms in total. The van der Waals surface area contributed by atoms with E-state index in [4.69, 9.17) is 21.1 Å². The van der Waals surface area contributed by atoms with E-state index in [1.807, 2.05) is 31.2 Å². The molecule has 0 aliphatic rings.